The lowest BCUT2D eigenvalue weighted by molar-refractivity contribution is 0.0901. The highest BCUT2D eigenvalue weighted by atomic mass is 16.1. The van der Waals surface area contributed by atoms with E-state index in [4.69, 9.17) is 5.73 Å². The van der Waals surface area contributed by atoms with Gasteiger partial charge in [-0.15, -0.1) is 0 Å². The van der Waals surface area contributed by atoms with E-state index in [9.17, 15) is 4.79 Å². The molecule has 0 unspecified atom stereocenters. The van der Waals surface area contributed by atoms with Gasteiger partial charge in [0, 0.05) is 23.6 Å². The Morgan fingerprint density at radius 2 is 2.12 bits per heavy atom. The van der Waals surface area contributed by atoms with E-state index in [0.29, 0.717) is 11.3 Å². The number of nitrogens with two attached hydrogens (primary N) is 1. The van der Waals surface area contributed by atoms with E-state index in [1.807, 2.05) is 6.92 Å². The summed E-state index contributed by atoms with van der Waals surface area (Å²) in [6, 6.07) is 1.63. The zero-order valence-electron chi connectivity index (χ0n) is 10.1. The normalized spacial score (nSPS) is 11.2. The number of nitrogens with one attached hydrogen (secondary N) is 1. The summed E-state index contributed by atoms with van der Waals surface area (Å²) in [4.78, 5) is 15.9. The Labute approximate surface area is 96.3 Å². The van der Waals surface area contributed by atoms with Crippen molar-refractivity contribution < 1.29 is 4.79 Å². The molecule has 0 spiro atoms. The molecule has 0 fully saturated rings. The molecule has 0 bridgehead atoms. The van der Waals surface area contributed by atoms with Crippen LogP contribution in [0.4, 0.5) is 5.69 Å². The third kappa shape index (κ3) is 2.72. The number of nitrogen functional groups attached to an aromatic ring is 1. The Bertz CT molecular complexity index is 372. The molecule has 0 radical (unpaired) electrons. The topological polar surface area (TPSA) is 68.0 Å². The van der Waals surface area contributed by atoms with Crippen molar-refractivity contribution in [1.82, 2.24) is 10.3 Å². The standard InChI is InChI=1S/C12H19N3O/c1-4-12(3,5-2)15-11(16)9-8-14-7-6-10(9)13/h6-8H,4-5H2,1-3H3,(H2,13,14)(H,15,16). The Morgan fingerprint density at radius 3 is 2.62 bits per heavy atom. The predicted octanol–water partition coefficient (Wildman–Crippen LogP) is 1.97. The number of hydrogen-bond donors (Lipinski definition) is 2. The van der Waals surface area contributed by atoms with Gasteiger partial charge in [-0.3, -0.25) is 9.78 Å². The van der Waals surface area contributed by atoms with E-state index in [1.165, 1.54) is 6.20 Å². The third-order valence-corrected chi connectivity index (χ3v) is 3.08. The molecule has 1 rings (SSSR count). The second-order valence-electron chi connectivity index (χ2n) is 4.18. The summed E-state index contributed by atoms with van der Waals surface area (Å²) < 4.78 is 0. The van der Waals surface area contributed by atoms with E-state index in [1.54, 1.807) is 12.3 Å². The highest BCUT2D eigenvalue weighted by Crippen LogP contribution is 2.16. The van der Waals surface area contributed by atoms with Crippen molar-refractivity contribution in [3.05, 3.63) is 24.0 Å². The van der Waals surface area contributed by atoms with Gasteiger partial charge in [-0.25, -0.2) is 0 Å². The zero-order valence-corrected chi connectivity index (χ0v) is 10.1. The lowest BCUT2D eigenvalue weighted by Gasteiger charge is -2.28. The molecule has 16 heavy (non-hydrogen) atoms. The minimum Gasteiger partial charge on any atom is -0.398 e. The van der Waals surface area contributed by atoms with E-state index in [0.717, 1.165) is 12.8 Å². The molecule has 3 N–H and O–H groups in total. The van der Waals surface area contributed by atoms with Crippen molar-refractivity contribution in [3.8, 4) is 0 Å². The maximum atomic E-state index is 12.0. The summed E-state index contributed by atoms with van der Waals surface area (Å²) in [5.74, 6) is -0.156. The molecule has 4 heteroatoms. The average molecular weight is 221 g/mol. The Hall–Kier alpha value is -1.58. The monoisotopic (exact) mass is 221 g/mol. The van der Waals surface area contributed by atoms with Crippen LogP contribution in [-0.2, 0) is 0 Å². The van der Waals surface area contributed by atoms with Gasteiger partial charge in [-0.2, -0.15) is 0 Å². The number of carbonyl (C=O) groups is 1. The number of hydrogen-bond acceptors (Lipinski definition) is 3. The van der Waals surface area contributed by atoms with Crippen molar-refractivity contribution in [2.24, 2.45) is 0 Å². The van der Waals surface area contributed by atoms with Gasteiger partial charge in [0.1, 0.15) is 0 Å². The Balaban J connectivity index is 2.84. The van der Waals surface area contributed by atoms with Crippen LogP contribution < -0.4 is 11.1 Å². The maximum absolute atomic E-state index is 12.0. The van der Waals surface area contributed by atoms with Gasteiger partial charge in [0.15, 0.2) is 0 Å². The first-order valence-corrected chi connectivity index (χ1v) is 5.54. The molecule has 0 aliphatic carbocycles. The SMILES string of the molecule is CCC(C)(CC)NC(=O)c1cnccc1N. The zero-order chi connectivity index (χ0) is 12.2. The summed E-state index contributed by atoms with van der Waals surface area (Å²) in [7, 11) is 0. The number of nitrogens with zero attached hydrogens (tertiary/aromatic N) is 1. The van der Waals surface area contributed by atoms with Gasteiger partial charge < -0.3 is 11.1 Å². The molecular weight excluding hydrogens is 202 g/mol. The lowest BCUT2D eigenvalue weighted by atomic mass is 9.95. The lowest BCUT2D eigenvalue weighted by Crippen LogP contribution is -2.45. The van der Waals surface area contributed by atoms with Gasteiger partial charge in [0.25, 0.3) is 5.91 Å². The molecule has 4 nitrogen and oxygen atoms in total. The van der Waals surface area contributed by atoms with Crippen molar-refractivity contribution in [1.29, 1.82) is 0 Å². The molecule has 0 aliphatic heterocycles. The Morgan fingerprint density at radius 1 is 1.50 bits per heavy atom. The number of anilines is 1. The highest BCUT2D eigenvalue weighted by molar-refractivity contribution is 5.99. The highest BCUT2D eigenvalue weighted by Gasteiger charge is 2.23. The smallest absolute Gasteiger partial charge is 0.255 e. The molecule has 1 aromatic heterocycles. The minimum atomic E-state index is -0.181. The van der Waals surface area contributed by atoms with Crippen LogP contribution in [0.3, 0.4) is 0 Å². The quantitative estimate of drug-likeness (QED) is 0.816. The molecule has 0 saturated carbocycles. The molecule has 1 aromatic rings. The fraction of sp³-hybridized carbons (Fsp3) is 0.500. The average Bonchev–Trinajstić information content (AvgIpc) is 2.29. The number of aromatic nitrogens is 1. The molecule has 1 heterocycles. The van der Waals surface area contributed by atoms with E-state index >= 15 is 0 Å². The van der Waals surface area contributed by atoms with Crippen molar-refractivity contribution >= 4 is 11.6 Å². The van der Waals surface area contributed by atoms with Gasteiger partial charge in [-0.1, -0.05) is 13.8 Å². The first-order chi connectivity index (χ1) is 7.52. The second kappa shape index (κ2) is 4.96. The molecule has 0 atom stereocenters. The van der Waals surface area contributed by atoms with E-state index in [-0.39, 0.29) is 11.4 Å². The molecule has 1 amide bonds. The number of rotatable bonds is 4. The summed E-state index contributed by atoms with van der Waals surface area (Å²) >= 11 is 0. The van der Waals surface area contributed by atoms with Crippen LogP contribution in [-0.4, -0.2) is 16.4 Å². The summed E-state index contributed by atoms with van der Waals surface area (Å²) in [6.45, 7) is 6.13. The van der Waals surface area contributed by atoms with E-state index in [2.05, 4.69) is 24.1 Å². The maximum Gasteiger partial charge on any atom is 0.255 e. The van der Waals surface area contributed by atoms with Crippen LogP contribution in [0.15, 0.2) is 18.5 Å². The van der Waals surface area contributed by atoms with Crippen LogP contribution in [0.25, 0.3) is 0 Å². The van der Waals surface area contributed by atoms with Crippen LogP contribution in [0.2, 0.25) is 0 Å². The van der Waals surface area contributed by atoms with E-state index < -0.39 is 0 Å². The summed E-state index contributed by atoms with van der Waals surface area (Å²) in [5, 5.41) is 2.99. The third-order valence-electron chi connectivity index (χ3n) is 3.08. The molecule has 0 aromatic carbocycles. The largest absolute Gasteiger partial charge is 0.398 e. The van der Waals surface area contributed by atoms with Gasteiger partial charge >= 0.3 is 0 Å². The first-order valence-electron chi connectivity index (χ1n) is 5.54. The molecule has 0 aliphatic rings. The Kier molecular flexibility index (Phi) is 3.88. The second-order valence-corrected chi connectivity index (χ2v) is 4.18. The number of amides is 1. The van der Waals surface area contributed by atoms with Crippen molar-refractivity contribution in [2.45, 2.75) is 39.2 Å². The molecule has 88 valence electrons. The predicted molar refractivity (Wildman–Crippen MR) is 65.1 cm³/mol. The first kappa shape index (κ1) is 12.5. The van der Waals surface area contributed by atoms with Crippen molar-refractivity contribution in [2.75, 3.05) is 5.73 Å². The van der Waals surface area contributed by atoms with Crippen LogP contribution >= 0.6 is 0 Å². The van der Waals surface area contributed by atoms with Crippen LogP contribution in [0.5, 0.6) is 0 Å². The summed E-state index contributed by atoms with van der Waals surface area (Å²) in [5.41, 5.74) is 6.44. The minimum absolute atomic E-state index is 0.156. The van der Waals surface area contributed by atoms with Crippen molar-refractivity contribution in [3.63, 3.8) is 0 Å². The summed E-state index contributed by atoms with van der Waals surface area (Å²) in [6.07, 6.45) is 4.84. The van der Waals surface area contributed by atoms with Gasteiger partial charge in [0.2, 0.25) is 0 Å². The van der Waals surface area contributed by atoms with Gasteiger partial charge in [0.05, 0.1) is 5.56 Å². The number of carbonyl (C=O) groups excluding carboxylic acids is 1. The van der Waals surface area contributed by atoms with Crippen LogP contribution in [0.1, 0.15) is 44.0 Å². The fourth-order valence-electron chi connectivity index (χ4n) is 1.36. The fourth-order valence-corrected chi connectivity index (χ4v) is 1.36. The molecular formula is C12H19N3O. The van der Waals surface area contributed by atoms with Crippen LogP contribution in [0, 0.1) is 0 Å². The molecule has 0 saturated heterocycles. The number of pyridine rings is 1. The van der Waals surface area contributed by atoms with Gasteiger partial charge in [-0.05, 0) is 25.8 Å².